The van der Waals surface area contributed by atoms with Crippen LogP contribution in [-0.2, 0) is 4.79 Å². The minimum Gasteiger partial charge on any atom is -0.478 e. The Balaban J connectivity index is 1.82. The van der Waals surface area contributed by atoms with Gasteiger partial charge in [0.25, 0.3) is 0 Å². The summed E-state index contributed by atoms with van der Waals surface area (Å²) >= 11 is 0. The third kappa shape index (κ3) is 3.82. The largest absolute Gasteiger partial charge is 0.478 e. The Morgan fingerprint density at radius 2 is 1.96 bits per heavy atom. The number of rotatable bonds is 5. The molecule has 5 heteroatoms. The molecule has 5 nitrogen and oxygen atoms in total. The maximum atomic E-state index is 11.7. The summed E-state index contributed by atoms with van der Waals surface area (Å²) in [6.45, 7) is 3.38. The summed E-state index contributed by atoms with van der Waals surface area (Å²) in [6.07, 6.45) is 1.35. The highest BCUT2D eigenvalue weighted by atomic mass is 16.4. The van der Waals surface area contributed by atoms with E-state index >= 15 is 0 Å². The number of carboxylic acids is 1. The van der Waals surface area contributed by atoms with Crippen molar-refractivity contribution in [1.82, 2.24) is 0 Å². The molecular formula is C20H22N2O3. The van der Waals surface area contributed by atoms with Crippen LogP contribution in [-0.4, -0.2) is 30.1 Å². The van der Waals surface area contributed by atoms with Crippen LogP contribution in [0.5, 0.6) is 0 Å². The fourth-order valence-electron chi connectivity index (χ4n) is 3.29. The lowest BCUT2D eigenvalue weighted by Crippen LogP contribution is -2.22. The lowest BCUT2D eigenvalue weighted by atomic mass is 9.99. The third-order valence-electron chi connectivity index (χ3n) is 4.63. The highest BCUT2D eigenvalue weighted by Gasteiger charge is 2.27. The van der Waals surface area contributed by atoms with E-state index in [4.69, 9.17) is 0 Å². The van der Waals surface area contributed by atoms with E-state index in [1.165, 1.54) is 5.56 Å². The van der Waals surface area contributed by atoms with E-state index in [0.717, 1.165) is 19.5 Å². The molecule has 25 heavy (non-hydrogen) atoms. The maximum Gasteiger partial charge on any atom is 0.337 e. The van der Waals surface area contributed by atoms with Gasteiger partial charge in [-0.25, -0.2) is 4.79 Å². The summed E-state index contributed by atoms with van der Waals surface area (Å²) in [6, 6.07) is 15.4. The van der Waals surface area contributed by atoms with E-state index in [1.54, 1.807) is 25.1 Å². The lowest BCUT2D eigenvalue weighted by Gasteiger charge is -2.21. The molecule has 1 heterocycles. The van der Waals surface area contributed by atoms with Gasteiger partial charge < -0.3 is 15.3 Å². The van der Waals surface area contributed by atoms with Gasteiger partial charge in [0.2, 0.25) is 5.91 Å². The molecule has 1 aliphatic heterocycles. The number of anilines is 2. The Kier molecular flexibility index (Phi) is 5.03. The van der Waals surface area contributed by atoms with Crippen molar-refractivity contribution in [3.05, 3.63) is 59.7 Å². The van der Waals surface area contributed by atoms with E-state index < -0.39 is 5.97 Å². The van der Waals surface area contributed by atoms with Crippen LogP contribution in [0.25, 0.3) is 0 Å². The van der Waals surface area contributed by atoms with Crippen LogP contribution in [0.1, 0.15) is 41.6 Å². The van der Waals surface area contributed by atoms with Crippen LogP contribution >= 0.6 is 0 Å². The number of aromatic carboxylic acids is 1. The van der Waals surface area contributed by atoms with Gasteiger partial charge in [-0.3, -0.25) is 4.79 Å². The Bertz CT molecular complexity index is 774. The second-order valence-corrected chi connectivity index (χ2v) is 6.28. The fraction of sp³-hybridized carbons (Fsp3) is 0.300. The number of carbonyl (C=O) groups excluding carboxylic acids is 1. The van der Waals surface area contributed by atoms with E-state index in [2.05, 4.69) is 22.3 Å². The zero-order chi connectivity index (χ0) is 17.8. The quantitative estimate of drug-likeness (QED) is 0.871. The van der Waals surface area contributed by atoms with Crippen LogP contribution in [0.3, 0.4) is 0 Å². The molecule has 2 aromatic rings. The molecular weight excluding hydrogens is 316 g/mol. The smallest absolute Gasteiger partial charge is 0.337 e. The summed E-state index contributed by atoms with van der Waals surface area (Å²) in [4.78, 5) is 25.4. The van der Waals surface area contributed by atoms with Crippen molar-refractivity contribution in [2.45, 2.75) is 25.7 Å². The number of hydrogen-bond donors (Lipinski definition) is 2. The Morgan fingerprint density at radius 1 is 1.20 bits per heavy atom. The van der Waals surface area contributed by atoms with Gasteiger partial charge in [0, 0.05) is 31.1 Å². The second kappa shape index (κ2) is 7.38. The van der Waals surface area contributed by atoms with Gasteiger partial charge in [0.15, 0.2) is 0 Å². The molecule has 1 saturated heterocycles. The molecule has 0 aromatic heterocycles. The summed E-state index contributed by atoms with van der Waals surface area (Å²) in [5.74, 6) is -0.706. The van der Waals surface area contributed by atoms with E-state index in [9.17, 15) is 14.7 Å². The van der Waals surface area contributed by atoms with Gasteiger partial charge in [-0.2, -0.15) is 0 Å². The fourth-order valence-corrected chi connectivity index (χ4v) is 3.29. The Labute approximate surface area is 147 Å². The molecule has 3 rings (SSSR count). The molecule has 1 aliphatic rings. The van der Waals surface area contributed by atoms with Crippen LogP contribution in [0, 0.1) is 0 Å². The molecule has 1 amide bonds. The first-order valence-electron chi connectivity index (χ1n) is 8.55. The zero-order valence-corrected chi connectivity index (χ0v) is 14.2. The first kappa shape index (κ1) is 17.0. The predicted molar refractivity (Wildman–Crippen MR) is 98.3 cm³/mol. The summed E-state index contributed by atoms with van der Waals surface area (Å²) in [5, 5.41) is 12.3. The molecule has 1 unspecified atom stereocenters. The molecule has 0 spiro atoms. The minimum absolute atomic E-state index is 0.130. The van der Waals surface area contributed by atoms with Gasteiger partial charge in [-0.15, -0.1) is 0 Å². The van der Waals surface area contributed by atoms with Crippen molar-refractivity contribution in [3.8, 4) is 0 Å². The van der Waals surface area contributed by atoms with Crippen LogP contribution < -0.4 is 10.2 Å². The van der Waals surface area contributed by atoms with Crippen molar-refractivity contribution < 1.29 is 14.7 Å². The number of amides is 1. The van der Waals surface area contributed by atoms with Crippen molar-refractivity contribution in [3.63, 3.8) is 0 Å². The summed E-state index contributed by atoms with van der Waals surface area (Å²) in [7, 11) is 0. The van der Waals surface area contributed by atoms with Crippen LogP contribution in [0.15, 0.2) is 48.5 Å². The zero-order valence-electron chi connectivity index (χ0n) is 14.2. The SMILES string of the molecule is CCC(=O)Nc1ccc(N2CCC(c3ccccc3)C2)c(C(=O)O)c1. The first-order chi connectivity index (χ1) is 12.1. The van der Waals surface area contributed by atoms with E-state index in [1.807, 2.05) is 18.2 Å². The van der Waals surface area contributed by atoms with Crippen molar-refractivity contribution in [2.24, 2.45) is 0 Å². The van der Waals surface area contributed by atoms with E-state index in [-0.39, 0.29) is 11.5 Å². The maximum absolute atomic E-state index is 11.7. The molecule has 2 aromatic carbocycles. The monoisotopic (exact) mass is 338 g/mol. The molecule has 0 bridgehead atoms. The van der Waals surface area contributed by atoms with Gasteiger partial charge >= 0.3 is 5.97 Å². The number of carbonyl (C=O) groups is 2. The molecule has 1 atom stereocenters. The van der Waals surface area contributed by atoms with Gasteiger partial charge in [0.05, 0.1) is 11.3 Å². The topological polar surface area (TPSA) is 69.6 Å². The predicted octanol–water partition coefficient (Wildman–Crippen LogP) is 3.73. The Hall–Kier alpha value is -2.82. The lowest BCUT2D eigenvalue weighted by molar-refractivity contribution is -0.115. The molecule has 130 valence electrons. The number of benzene rings is 2. The summed E-state index contributed by atoms with van der Waals surface area (Å²) < 4.78 is 0. The van der Waals surface area contributed by atoms with Crippen molar-refractivity contribution in [1.29, 1.82) is 0 Å². The summed E-state index contributed by atoms with van der Waals surface area (Å²) in [5.41, 5.74) is 2.74. The number of nitrogens with zero attached hydrogens (tertiary/aromatic N) is 1. The van der Waals surface area contributed by atoms with Gasteiger partial charge in [-0.1, -0.05) is 37.3 Å². The number of hydrogen-bond acceptors (Lipinski definition) is 3. The number of nitrogens with one attached hydrogen (secondary N) is 1. The molecule has 0 radical (unpaired) electrons. The molecule has 1 fully saturated rings. The third-order valence-corrected chi connectivity index (χ3v) is 4.63. The molecule has 0 aliphatic carbocycles. The molecule has 2 N–H and O–H groups in total. The Morgan fingerprint density at radius 3 is 2.64 bits per heavy atom. The normalized spacial score (nSPS) is 16.7. The average molecular weight is 338 g/mol. The van der Waals surface area contributed by atoms with Gasteiger partial charge in [0.1, 0.15) is 0 Å². The van der Waals surface area contributed by atoms with Crippen LogP contribution in [0.2, 0.25) is 0 Å². The van der Waals surface area contributed by atoms with Crippen molar-refractivity contribution in [2.75, 3.05) is 23.3 Å². The van der Waals surface area contributed by atoms with E-state index in [0.29, 0.717) is 23.7 Å². The number of carboxylic acid groups (broad SMARTS) is 1. The highest BCUT2D eigenvalue weighted by Crippen LogP contribution is 2.33. The highest BCUT2D eigenvalue weighted by molar-refractivity contribution is 5.98. The van der Waals surface area contributed by atoms with Crippen LogP contribution in [0.4, 0.5) is 11.4 Å². The van der Waals surface area contributed by atoms with Gasteiger partial charge in [-0.05, 0) is 30.2 Å². The minimum atomic E-state index is -0.981. The molecule has 0 saturated carbocycles. The first-order valence-corrected chi connectivity index (χ1v) is 8.55. The standard InChI is InChI=1S/C20H22N2O3/c1-2-19(23)21-16-8-9-18(17(12-16)20(24)25)22-11-10-15(13-22)14-6-4-3-5-7-14/h3-9,12,15H,2,10-11,13H2,1H3,(H,21,23)(H,24,25). The van der Waals surface area contributed by atoms with Crippen molar-refractivity contribution >= 4 is 23.3 Å². The average Bonchev–Trinajstić information content (AvgIpc) is 3.12. The second-order valence-electron chi connectivity index (χ2n) is 6.28.